The lowest BCUT2D eigenvalue weighted by molar-refractivity contribution is -0.122. The molecule has 2 atom stereocenters. The average molecular weight is 560 g/mol. The number of nitrogens with zero attached hydrogens (tertiary/aromatic N) is 2. The summed E-state index contributed by atoms with van der Waals surface area (Å²) in [5.41, 5.74) is 3.25. The lowest BCUT2D eigenvalue weighted by Crippen LogP contribution is -2.40. The maximum absolute atomic E-state index is 14.2. The van der Waals surface area contributed by atoms with Gasteiger partial charge in [0.25, 0.3) is 10.0 Å². The minimum atomic E-state index is -4.25. The van der Waals surface area contributed by atoms with Crippen LogP contribution in [0.25, 0.3) is 10.9 Å². The van der Waals surface area contributed by atoms with Crippen molar-refractivity contribution in [3.63, 3.8) is 0 Å². The van der Waals surface area contributed by atoms with E-state index in [2.05, 4.69) is 14.7 Å². The van der Waals surface area contributed by atoms with Crippen molar-refractivity contribution in [1.29, 1.82) is 0 Å². The lowest BCUT2D eigenvalue weighted by atomic mass is 9.88. The highest BCUT2D eigenvalue weighted by Crippen LogP contribution is 2.64. The van der Waals surface area contributed by atoms with E-state index >= 15 is 0 Å². The van der Waals surface area contributed by atoms with Crippen molar-refractivity contribution in [1.82, 2.24) is 14.7 Å². The van der Waals surface area contributed by atoms with Gasteiger partial charge >= 0.3 is 0 Å². The number of nitrogens with one attached hydrogen (secondary N) is 1. The van der Waals surface area contributed by atoms with Crippen LogP contribution in [-0.4, -0.2) is 38.5 Å². The van der Waals surface area contributed by atoms with E-state index in [0.717, 1.165) is 22.5 Å². The second-order valence-electron chi connectivity index (χ2n) is 10.6. The topological polar surface area (TPSA) is 107 Å². The molecule has 1 fully saturated rings. The van der Waals surface area contributed by atoms with Crippen LogP contribution in [0, 0.1) is 13.8 Å². The fourth-order valence-corrected chi connectivity index (χ4v) is 6.68. The molecule has 1 amide bonds. The lowest BCUT2D eigenvalue weighted by Gasteiger charge is -2.22. The summed E-state index contributed by atoms with van der Waals surface area (Å²) in [6, 6.07) is 17.8. The minimum Gasteiger partial charge on any atom is -0.496 e. The van der Waals surface area contributed by atoms with Crippen LogP contribution in [0.3, 0.4) is 0 Å². The molecule has 1 saturated carbocycles. The SMILES string of the molecule is COc1ccc(C)cc1[C@]1(C(=O)NS(=O)(=O)c2cccc3nc(C)ccc23)C[C@@H]1c1ccc(C(C)C)nc1OC. The molecule has 1 N–H and O–H groups in total. The molecule has 9 heteroatoms. The number of hydrogen-bond donors (Lipinski definition) is 1. The highest BCUT2D eigenvalue weighted by molar-refractivity contribution is 7.90. The summed E-state index contributed by atoms with van der Waals surface area (Å²) >= 11 is 0. The van der Waals surface area contributed by atoms with E-state index in [0.29, 0.717) is 34.5 Å². The third-order valence-corrected chi connectivity index (χ3v) is 9.01. The molecule has 2 heterocycles. The molecule has 5 rings (SSSR count). The van der Waals surface area contributed by atoms with E-state index in [1.165, 1.54) is 6.07 Å². The molecule has 0 aliphatic heterocycles. The Labute approximate surface area is 234 Å². The number of methoxy groups -OCH3 is 2. The molecule has 2 aromatic heterocycles. The summed E-state index contributed by atoms with van der Waals surface area (Å²) in [5.74, 6) is 0.121. The summed E-state index contributed by atoms with van der Waals surface area (Å²) in [6.45, 7) is 7.85. The number of ether oxygens (including phenoxy) is 2. The van der Waals surface area contributed by atoms with Gasteiger partial charge in [0, 0.05) is 33.8 Å². The molecule has 208 valence electrons. The summed E-state index contributed by atoms with van der Waals surface area (Å²) in [5, 5.41) is 0.443. The number of benzene rings is 2. The first-order valence-electron chi connectivity index (χ1n) is 13.2. The van der Waals surface area contributed by atoms with Crippen molar-refractivity contribution in [3.05, 3.63) is 88.7 Å². The molecular weight excluding hydrogens is 526 g/mol. The number of aromatic nitrogens is 2. The maximum atomic E-state index is 14.2. The Kier molecular flexibility index (Phi) is 7.04. The third-order valence-electron chi connectivity index (χ3n) is 7.62. The van der Waals surface area contributed by atoms with Crippen molar-refractivity contribution in [2.45, 2.75) is 56.3 Å². The fraction of sp³-hybridized carbons (Fsp3) is 0.323. The predicted octanol–water partition coefficient (Wildman–Crippen LogP) is 5.32. The number of hydrogen-bond acceptors (Lipinski definition) is 7. The Morgan fingerprint density at radius 2 is 1.77 bits per heavy atom. The van der Waals surface area contributed by atoms with E-state index in [9.17, 15) is 13.2 Å². The maximum Gasteiger partial charge on any atom is 0.264 e. The van der Waals surface area contributed by atoms with Crippen molar-refractivity contribution in [2.24, 2.45) is 0 Å². The second kappa shape index (κ2) is 10.2. The van der Waals surface area contributed by atoms with E-state index in [-0.39, 0.29) is 16.7 Å². The van der Waals surface area contributed by atoms with Gasteiger partial charge in [0.2, 0.25) is 11.8 Å². The molecule has 4 aromatic rings. The molecule has 2 aromatic carbocycles. The van der Waals surface area contributed by atoms with Gasteiger partial charge in [-0.25, -0.2) is 18.1 Å². The zero-order valence-corrected chi connectivity index (χ0v) is 24.3. The number of aryl methyl sites for hydroxylation is 2. The summed E-state index contributed by atoms with van der Waals surface area (Å²) in [4.78, 5) is 23.3. The van der Waals surface area contributed by atoms with Crippen LogP contribution in [-0.2, 0) is 20.2 Å². The molecule has 0 unspecified atom stereocenters. The monoisotopic (exact) mass is 559 g/mol. The number of fused-ring (bicyclic) bond motifs is 1. The minimum absolute atomic E-state index is 0.00468. The van der Waals surface area contributed by atoms with Crippen LogP contribution < -0.4 is 14.2 Å². The van der Waals surface area contributed by atoms with Crippen LogP contribution >= 0.6 is 0 Å². The average Bonchev–Trinajstić information content (AvgIpc) is 3.68. The summed E-state index contributed by atoms with van der Waals surface area (Å²) in [7, 11) is -1.16. The highest BCUT2D eigenvalue weighted by Gasteiger charge is 2.64. The van der Waals surface area contributed by atoms with Gasteiger partial charge in [-0.1, -0.05) is 43.7 Å². The first-order valence-corrected chi connectivity index (χ1v) is 14.6. The van der Waals surface area contributed by atoms with Crippen LogP contribution in [0.5, 0.6) is 11.6 Å². The summed E-state index contributed by atoms with van der Waals surface area (Å²) in [6.07, 6.45) is 0.365. The highest BCUT2D eigenvalue weighted by atomic mass is 32.2. The van der Waals surface area contributed by atoms with Gasteiger partial charge < -0.3 is 9.47 Å². The largest absolute Gasteiger partial charge is 0.496 e. The van der Waals surface area contributed by atoms with Gasteiger partial charge in [-0.15, -0.1) is 0 Å². The molecule has 0 saturated heterocycles. The number of amides is 1. The zero-order valence-electron chi connectivity index (χ0n) is 23.5. The molecule has 40 heavy (non-hydrogen) atoms. The van der Waals surface area contributed by atoms with E-state index in [1.54, 1.807) is 44.6 Å². The van der Waals surface area contributed by atoms with Crippen LogP contribution in [0.1, 0.15) is 60.2 Å². The first-order chi connectivity index (χ1) is 19.0. The Hall–Kier alpha value is -3.98. The number of carbonyl (C=O) groups is 1. The van der Waals surface area contributed by atoms with Crippen molar-refractivity contribution >= 4 is 26.8 Å². The van der Waals surface area contributed by atoms with Gasteiger partial charge in [0.05, 0.1) is 30.0 Å². The van der Waals surface area contributed by atoms with Crippen LogP contribution in [0.4, 0.5) is 0 Å². The number of pyridine rings is 2. The molecule has 1 aliphatic rings. The number of carbonyl (C=O) groups excluding carboxylic acids is 1. The molecule has 0 spiro atoms. The molecule has 0 radical (unpaired) electrons. The molecule has 1 aliphatic carbocycles. The van der Waals surface area contributed by atoms with Crippen molar-refractivity contribution in [3.8, 4) is 11.6 Å². The smallest absolute Gasteiger partial charge is 0.264 e. The number of sulfonamides is 1. The Morgan fingerprint density at radius 3 is 2.48 bits per heavy atom. The summed E-state index contributed by atoms with van der Waals surface area (Å²) < 4.78 is 41.2. The van der Waals surface area contributed by atoms with Gasteiger partial charge in [-0.2, -0.15) is 0 Å². The van der Waals surface area contributed by atoms with Gasteiger partial charge in [-0.3, -0.25) is 9.78 Å². The Morgan fingerprint density at radius 1 is 1.00 bits per heavy atom. The van der Waals surface area contributed by atoms with Gasteiger partial charge in [0.1, 0.15) is 5.75 Å². The number of rotatable bonds is 8. The van der Waals surface area contributed by atoms with Crippen LogP contribution in [0.2, 0.25) is 0 Å². The Bertz CT molecular complexity index is 1730. The van der Waals surface area contributed by atoms with E-state index < -0.39 is 21.3 Å². The predicted molar refractivity (Wildman–Crippen MR) is 153 cm³/mol. The van der Waals surface area contributed by atoms with E-state index in [4.69, 9.17) is 9.47 Å². The normalized spacial score (nSPS) is 18.5. The standard InChI is InChI=1S/C31H33N3O5S/c1-18(2)25-14-13-21(29(33-25)39-6)24-17-31(24,23-16-19(3)10-15-27(23)38-5)30(35)34-40(36,37)28-9-7-8-26-22(28)12-11-20(4)32-26/h7-16,18,24H,17H2,1-6H3,(H,34,35)/t24-,31-/m1/s1. The Balaban J connectivity index is 1.62. The van der Waals surface area contributed by atoms with Crippen molar-refractivity contribution < 1.29 is 22.7 Å². The molecule has 8 nitrogen and oxygen atoms in total. The van der Waals surface area contributed by atoms with E-state index in [1.807, 2.05) is 52.0 Å². The first kappa shape index (κ1) is 27.6. The van der Waals surface area contributed by atoms with Crippen molar-refractivity contribution in [2.75, 3.05) is 14.2 Å². The molecular formula is C31H33N3O5S. The molecule has 0 bridgehead atoms. The quantitative estimate of drug-likeness (QED) is 0.311. The van der Waals surface area contributed by atoms with Gasteiger partial charge in [-0.05, 0) is 62.6 Å². The second-order valence-corrected chi connectivity index (χ2v) is 12.3. The fourth-order valence-electron chi connectivity index (χ4n) is 5.43. The zero-order chi connectivity index (χ0) is 28.8. The van der Waals surface area contributed by atoms with Gasteiger partial charge in [0.15, 0.2) is 0 Å². The third kappa shape index (κ3) is 4.68. The van der Waals surface area contributed by atoms with Crippen LogP contribution in [0.15, 0.2) is 65.6 Å².